The summed E-state index contributed by atoms with van der Waals surface area (Å²) in [5.41, 5.74) is 0. The molecule has 0 aromatic carbocycles. The number of halogens is 3. The minimum Gasteiger partial charge on any atom is -0.465 e. The Kier molecular flexibility index (Phi) is 36.0. The van der Waals surface area contributed by atoms with Crippen molar-refractivity contribution in [1.29, 1.82) is 0 Å². The molecule has 0 rings (SSSR count). The van der Waals surface area contributed by atoms with E-state index in [2.05, 4.69) is 32.6 Å². The molecule has 0 aliphatic rings. The van der Waals surface area contributed by atoms with Crippen LogP contribution in [0.25, 0.3) is 0 Å². The molecule has 7 nitrogen and oxygen atoms in total. The first-order valence-corrected chi connectivity index (χ1v) is 23.7. The van der Waals surface area contributed by atoms with Crippen LogP contribution in [0.15, 0.2) is 0 Å². The maximum absolute atomic E-state index is 13.5. The molecule has 338 valence electrons. The summed E-state index contributed by atoms with van der Waals surface area (Å²) < 4.78 is 50.4. The largest absolute Gasteiger partial charge is 0.465 e. The predicted molar refractivity (Wildman–Crippen MR) is 230 cm³/mol. The number of amides is 1. The van der Waals surface area contributed by atoms with Gasteiger partial charge in [0.1, 0.15) is 0 Å². The number of hydrogen-bond donors (Lipinski definition) is 0. The number of rotatable bonds is 40. The fourth-order valence-corrected chi connectivity index (χ4v) is 7.65. The average molecular weight is 819 g/mol. The van der Waals surface area contributed by atoms with Gasteiger partial charge in [-0.3, -0.25) is 14.4 Å². The van der Waals surface area contributed by atoms with E-state index in [1.54, 1.807) is 0 Å². The first kappa shape index (κ1) is 55.2. The monoisotopic (exact) mass is 819 g/mol. The molecule has 57 heavy (non-hydrogen) atoms. The van der Waals surface area contributed by atoms with E-state index in [-0.39, 0.29) is 36.7 Å². The minimum atomic E-state index is -4.28. The van der Waals surface area contributed by atoms with Gasteiger partial charge in [0.25, 0.3) is 0 Å². The summed E-state index contributed by atoms with van der Waals surface area (Å²) >= 11 is 0. The molecule has 1 amide bonds. The molecular weight excluding hydrogens is 730 g/mol. The Labute approximate surface area is 348 Å². The van der Waals surface area contributed by atoms with Crippen LogP contribution in [0, 0.1) is 11.8 Å². The van der Waals surface area contributed by atoms with E-state index in [0.29, 0.717) is 57.3 Å². The fourth-order valence-electron chi connectivity index (χ4n) is 7.65. The van der Waals surface area contributed by atoms with Crippen molar-refractivity contribution in [3.8, 4) is 0 Å². The van der Waals surface area contributed by atoms with Crippen molar-refractivity contribution in [1.82, 2.24) is 9.80 Å². The highest BCUT2D eigenvalue weighted by molar-refractivity contribution is 5.76. The molecule has 0 bridgehead atoms. The Hall–Kier alpha value is -1.84. The van der Waals surface area contributed by atoms with Crippen LogP contribution in [0.5, 0.6) is 0 Å². The van der Waals surface area contributed by atoms with E-state index in [0.717, 1.165) is 103 Å². The van der Waals surface area contributed by atoms with Crippen molar-refractivity contribution < 1.29 is 37.0 Å². The standard InChI is InChI=1S/C47H89F3N2O5/c1-7-11-15-19-29-41(27-13-9-3)39-56-45(54)34-23-17-21-31-43(52(38-26-37-51(5)6)44(53)33-25-36-47(48,49)50)32-22-18-24-35-46(55)57-40-42(28-14-10-4)30-20-16-12-8-2/h41-43H,7-40H2,1-6H3. The molecule has 0 aromatic heterocycles. The van der Waals surface area contributed by atoms with Gasteiger partial charge in [-0.05, 0) is 96.7 Å². The third kappa shape index (κ3) is 34.7. The van der Waals surface area contributed by atoms with Crippen molar-refractivity contribution in [2.75, 3.05) is 40.4 Å². The molecule has 10 heteroatoms. The van der Waals surface area contributed by atoms with Crippen LogP contribution in [-0.4, -0.2) is 80.3 Å². The molecule has 2 atom stereocenters. The highest BCUT2D eigenvalue weighted by atomic mass is 19.4. The predicted octanol–water partition coefficient (Wildman–Crippen LogP) is 13.4. The van der Waals surface area contributed by atoms with E-state index in [1.165, 1.54) is 51.4 Å². The van der Waals surface area contributed by atoms with Crippen LogP contribution < -0.4 is 0 Å². The van der Waals surface area contributed by atoms with Crippen molar-refractivity contribution in [3.05, 3.63) is 0 Å². The van der Waals surface area contributed by atoms with Gasteiger partial charge in [-0.1, -0.05) is 130 Å². The van der Waals surface area contributed by atoms with Gasteiger partial charge < -0.3 is 19.3 Å². The molecule has 0 saturated heterocycles. The van der Waals surface area contributed by atoms with Gasteiger partial charge in [-0.25, -0.2) is 0 Å². The lowest BCUT2D eigenvalue weighted by atomic mass is 9.96. The Balaban J connectivity index is 5.25. The SMILES string of the molecule is CCCCCCC(CCCC)COC(=O)CCCCCC(CCCCCC(=O)OCC(CCCC)CCCCCC)N(CCCN(C)C)C(=O)CCCC(F)(F)F. The molecule has 0 radical (unpaired) electrons. The van der Waals surface area contributed by atoms with E-state index in [4.69, 9.17) is 9.47 Å². The van der Waals surface area contributed by atoms with Crippen LogP contribution in [0.4, 0.5) is 13.2 Å². The number of ether oxygens (including phenoxy) is 2. The number of hydrogen-bond acceptors (Lipinski definition) is 6. The fraction of sp³-hybridized carbons (Fsp3) is 0.936. The van der Waals surface area contributed by atoms with E-state index < -0.39 is 12.6 Å². The second-order valence-electron chi connectivity index (χ2n) is 17.1. The summed E-state index contributed by atoms with van der Waals surface area (Å²) in [5, 5.41) is 0. The van der Waals surface area contributed by atoms with E-state index in [1.807, 2.05) is 19.0 Å². The summed E-state index contributed by atoms with van der Waals surface area (Å²) in [6, 6.07) is -0.0940. The number of unbranched alkanes of at least 4 members (excludes halogenated alkanes) is 12. The number of esters is 2. The Bertz CT molecular complexity index is 914. The Morgan fingerprint density at radius 1 is 0.491 bits per heavy atom. The Morgan fingerprint density at radius 2 is 0.912 bits per heavy atom. The molecule has 0 heterocycles. The maximum atomic E-state index is 13.5. The van der Waals surface area contributed by atoms with E-state index >= 15 is 0 Å². The van der Waals surface area contributed by atoms with Crippen molar-refractivity contribution in [2.24, 2.45) is 11.8 Å². The highest BCUT2D eigenvalue weighted by Crippen LogP contribution is 2.25. The summed E-state index contributed by atoms with van der Waals surface area (Å²) in [6.45, 7) is 11.1. The van der Waals surface area contributed by atoms with Crippen LogP contribution in [0.3, 0.4) is 0 Å². The molecule has 0 aliphatic heterocycles. The third-order valence-corrected chi connectivity index (χ3v) is 11.3. The van der Waals surface area contributed by atoms with Crippen molar-refractivity contribution in [2.45, 2.75) is 233 Å². The molecule has 0 N–H and O–H groups in total. The smallest absolute Gasteiger partial charge is 0.389 e. The first-order chi connectivity index (χ1) is 27.4. The number of carbonyl (C=O) groups is 3. The molecular formula is C47H89F3N2O5. The van der Waals surface area contributed by atoms with Crippen molar-refractivity contribution >= 4 is 17.8 Å². The molecule has 2 unspecified atom stereocenters. The van der Waals surface area contributed by atoms with Gasteiger partial charge >= 0.3 is 18.1 Å². The van der Waals surface area contributed by atoms with Gasteiger partial charge in [-0.2, -0.15) is 13.2 Å². The van der Waals surface area contributed by atoms with Gasteiger partial charge in [0.05, 0.1) is 13.2 Å². The third-order valence-electron chi connectivity index (χ3n) is 11.3. The zero-order valence-corrected chi connectivity index (χ0v) is 37.8. The molecule has 0 aliphatic carbocycles. The zero-order valence-electron chi connectivity index (χ0n) is 37.8. The maximum Gasteiger partial charge on any atom is 0.389 e. The van der Waals surface area contributed by atoms with Gasteiger partial charge in [0.15, 0.2) is 0 Å². The molecule has 0 aromatic rings. The Morgan fingerprint density at radius 3 is 1.33 bits per heavy atom. The van der Waals surface area contributed by atoms with Crippen LogP contribution in [-0.2, 0) is 23.9 Å². The summed E-state index contributed by atoms with van der Waals surface area (Å²) in [4.78, 5) is 42.8. The lowest BCUT2D eigenvalue weighted by Gasteiger charge is -2.33. The lowest BCUT2D eigenvalue weighted by molar-refractivity contribution is -0.146. The van der Waals surface area contributed by atoms with Crippen LogP contribution in [0.2, 0.25) is 0 Å². The second kappa shape index (κ2) is 37.2. The topological polar surface area (TPSA) is 76.2 Å². The summed E-state index contributed by atoms with van der Waals surface area (Å²) in [5.74, 6) is 0.354. The average Bonchev–Trinajstić information content (AvgIpc) is 3.16. The van der Waals surface area contributed by atoms with Crippen molar-refractivity contribution in [3.63, 3.8) is 0 Å². The molecule has 0 spiro atoms. The summed E-state index contributed by atoms with van der Waals surface area (Å²) in [7, 11) is 3.95. The summed E-state index contributed by atoms with van der Waals surface area (Å²) in [6.07, 6.45) is 20.8. The number of carbonyl (C=O) groups excluding carboxylic acids is 3. The first-order valence-electron chi connectivity index (χ1n) is 23.7. The van der Waals surface area contributed by atoms with E-state index in [9.17, 15) is 27.6 Å². The number of alkyl halides is 3. The highest BCUT2D eigenvalue weighted by Gasteiger charge is 2.29. The molecule has 0 saturated carbocycles. The second-order valence-corrected chi connectivity index (χ2v) is 17.1. The zero-order chi connectivity index (χ0) is 42.6. The minimum absolute atomic E-state index is 0.0940. The van der Waals surface area contributed by atoms with Crippen LogP contribution >= 0.6 is 0 Å². The number of nitrogens with zero attached hydrogens (tertiary/aromatic N) is 2. The van der Waals surface area contributed by atoms with Gasteiger partial charge in [0.2, 0.25) is 5.91 Å². The van der Waals surface area contributed by atoms with Gasteiger partial charge in [-0.15, -0.1) is 0 Å². The van der Waals surface area contributed by atoms with Gasteiger partial charge in [0, 0.05) is 38.3 Å². The quantitative estimate of drug-likeness (QED) is 0.0453. The molecule has 0 fully saturated rings. The van der Waals surface area contributed by atoms with Crippen LogP contribution in [0.1, 0.15) is 220 Å². The normalized spacial score (nSPS) is 13.4. The lowest BCUT2D eigenvalue weighted by Crippen LogP contribution is -2.42.